The number of aromatic amines is 1. The summed E-state index contributed by atoms with van der Waals surface area (Å²) >= 11 is 5.97. The number of halogens is 1. The van der Waals surface area contributed by atoms with Gasteiger partial charge in [-0.1, -0.05) is 41.4 Å². The van der Waals surface area contributed by atoms with Crippen LogP contribution in [0.5, 0.6) is 0 Å². The molecule has 0 saturated carbocycles. The minimum Gasteiger partial charge on any atom is -0.293 e. The number of aryl methyl sites for hydroxylation is 3. The summed E-state index contributed by atoms with van der Waals surface area (Å²) in [5, 5.41) is 3.19. The standard InChI is InChI=1S/C15H14ClN3O/c1-8-4-6-11(7-5-8)12-9(2)18-19-14(12)17-10(3)13(16)15(19)20/h4-7,18H,1-3H3. The average Bonchev–Trinajstić information content (AvgIpc) is 2.74. The van der Waals surface area contributed by atoms with Crippen LogP contribution in [0.15, 0.2) is 29.1 Å². The Balaban J connectivity index is 2.39. The summed E-state index contributed by atoms with van der Waals surface area (Å²) in [5.41, 5.74) is 4.93. The van der Waals surface area contributed by atoms with Gasteiger partial charge in [-0.05, 0) is 26.3 Å². The first kappa shape index (κ1) is 12.9. The Morgan fingerprint density at radius 1 is 1.15 bits per heavy atom. The number of H-pyrrole nitrogens is 1. The molecule has 0 atom stereocenters. The van der Waals surface area contributed by atoms with Gasteiger partial charge in [0.25, 0.3) is 5.56 Å². The number of hydrogen-bond acceptors (Lipinski definition) is 2. The third-order valence-electron chi connectivity index (χ3n) is 3.41. The van der Waals surface area contributed by atoms with Crippen LogP contribution in [-0.2, 0) is 0 Å². The van der Waals surface area contributed by atoms with Crippen molar-refractivity contribution in [3.8, 4) is 11.1 Å². The Labute approximate surface area is 121 Å². The zero-order chi connectivity index (χ0) is 14.4. The fourth-order valence-electron chi connectivity index (χ4n) is 2.34. The van der Waals surface area contributed by atoms with E-state index in [0.717, 1.165) is 16.8 Å². The molecule has 20 heavy (non-hydrogen) atoms. The smallest absolute Gasteiger partial charge is 0.291 e. The van der Waals surface area contributed by atoms with E-state index in [-0.39, 0.29) is 10.6 Å². The highest BCUT2D eigenvalue weighted by molar-refractivity contribution is 6.31. The lowest BCUT2D eigenvalue weighted by Gasteiger charge is -2.02. The molecule has 4 nitrogen and oxygen atoms in total. The zero-order valence-electron chi connectivity index (χ0n) is 11.5. The number of aromatic nitrogens is 3. The van der Waals surface area contributed by atoms with Crippen molar-refractivity contribution in [3.05, 3.63) is 56.6 Å². The fourth-order valence-corrected chi connectivity index (χ4v) is 2.46. The molecule has 0 saturated heterocycles. The molecule has 0 unspecified atom stereocenters. The lowest BCUT2D eigenvalue weighted by Crippen LogP contribution is -2.17. The van der Waals surface area contributed by atoms with E-state index in [2.05, 4.69) is 10.1 Å². The van der Waals surface area contributed by atoms with Gasteiger partial charge >= 0.3 is 0 Å². The Kier molecular flexibility index (Phi) is 2.91. The van der Waals surface area contributed by atoms with Gasteiger partial charge in [0.15, 0.2) is 5.65 Å². The molecule has 0 aliphatic heterocycles. The van der Waals surface area contributed by atoms with Crippen molar-refractivity contribution in [1.82, 2.24) is 14.6 Å². The largest absolute Gasteiger partial charge is 0.293 e. The maximum atomic E-state index is 12.2. The van der Waals surface area contributed by atoms with Crippen LogP contribution in [0.3, 0.4) is 0 Å². The summed E-state index contributed by atoms with van der Waals surface area (Å²) in [5.74, 6) is 0. The van der Waals surface area contributed by atoms with Crippen molar-refractivity contribution in [2.24, 2.45) is 0 Å². The predicted molar refractivity (Wildman–Crippen MR) is 80.5 cm³/mol. The Bertz CT molecular complexity index is 859. The van der Waals surface area contributed by atoms with E-state index in [9.17, 15) is 4.79 Å². The van der Waals surface area contributed by atoms with Crippen LogP contribution < -0.4 is 5.56 Å². The lowest BCUT2D eigenvalue weighted by atomic mass is 10.0. The van der Waals surface area contributed by atoms with E-state index in [1.54, 1.807) is 6.92 Å². The molecule has 0 fully saturated rings. The van der Waals surface area contributed by atoms with E-state index < -0.39 is 0 Å². The third kappa shape index (κ3) is 1.84. The van der Waals surface area contributed by atoms with Gasteiger partial charge in [-0.15, -0.1) is 0 Å². The molecule has 0 aliphatic carbocycles. The molecule has 3 rings (SSSR count). The predicted octanol–water partition coefficient (Wildman–Crippen LogP) is 3.27. The zero-order valence-corrected chi connectivity index (χ0v) is 12.2. The first-order valence-electron chi connectivity index (χ1n) is 6.33. The second-order valence-electron chi connectivity index (χ2n) is 4.95. The summed E-state index contributed by atoms with van der Waals surface area (Å²) in [6.07, 6.45) is 0. The van der Waals surface area contributed by atoms with Crippen molar-refractivity contribution >= 4 is 17.2 Å². The van der Waals surface area contributed by atoms with Crippen LogP contribution >= 0.6 is 11.6 Å². The van der Waals surface area contributed by atoms with Gasteiger partial charge in [0.05, 0.1) is 5.69 Å². The summed E-state index contributed by atoms with van der Waals surface area (Å²) in [4.78, 5) is 16.6. The number of hydrogen-bond donors (Lipinski definition) is 1. The summed E-state index contributed by atoms with van der Waals surface area (Å²) in [6, 6.07) is 8.14. The van der Waals surface area contributed by atoms with Crippen molar-refractivity contribution in [2.45, 2.75) is 20.8 Å². The summed E-state index contributed by atoms with van der Waals surface area (Å²) < 4.78 is 1.40. The van der Waals surface area contributed by atoms with Crippen LogP contribution in [0.1, 0.15) is 17.0 Å². The summed E-state index contributed by atoms with van der Waals surface area (Å²) in [6.45, 7) is 5.70. The Hall–Kier alpha value is -2.07. The van der Waals surface area contributed by atoms with Gasteiger partial charge in [-0.25, -0.2) is 4.98 Å². The van der Waals surface area contributed by atoms with Crippen molar-refractivity contribution in [3.63, 3.8) is 0 Å². The molecule has 0 radical (unpaired) electrons. The molecular weight excluding hydrogens is 274 g/mol. The lowest BCUT2D eigenvalue weighted by molar-refractivity contribution is 0.873. The van der Waals surface area contributed by atoms with E-state index in [1.807, 2.05) is 38.1 Å². The topological polar surface area (TPSA) is 50.2 Å². The molecule has 0 spiro atoms. The van der Waals surface area contributed by atoms with Crippen LogP contribution in [0, 0.1) is 20.8 Å². The van der Waals surface area contributed by atoms with Gasteiger partial charge < -0.3 is 0 Å². The molecule has 3 aromatic rings. The molecule has 102 valence electrons. The quantitative estimate of drug-likeness (QED) is 0.747. The van der Waals surface area contributed by atoms with Crippen LogP contribution in [0.4, 0.5) is 0 Å². The van der Waals surface area contributed by atoms with Gasteiger partial charge in [0, 0.05) is 11.3 Å². The molecule has 0 aliphatic rings. The first-order valence-corrected chi connectivity index (χ1v) is 6.71. The highest BCUT2D eigenvalue weighted by Gasteiger charge is 2.16. The normalized spacial score (nSPS) is 11.2. The number of rotatable bonds is 1. The van der Waals surface area contributed by atoms with Crippen molar-refractivity contribution in [2.75, 3.05) is 0 Å². The van der Waals surface area contributed by atoms with Gasteiger partial charge in [-0.2, -0.15) is 4.52 Å². The van der Waals surface area contributed by atoms with Crippen LogP contribution in [0.2, 0.25) is 5.02 Å². The van der Waals surface area contributed by atoms with Gasteiger partial charge in [0.2, 0.25) is 0 Å². The Morgan fingerprint density at radius 3 is 2.45 bits per heavy atom. The highest BCUT2D eigenvalue weighted by atomic mass is 35.5. The highest BCUT2D eigenvalue weighted by Crippen LogP contribution is 2.27. The second-order valence-corrected chi connectivity index (χ2v) is 5.33. The van der Waals surface area contributed by atoms with Crippen molar-refractivity contribution < 1.29 is 0 Å². The third-order valence-corrected chi connectivity index (χ3v) is 3.85. The molecule has 2 aromatic heterocycles. The van der Waals surface area contributed by atoms with Gasteiger partial charge in [-0.3, -0.25) is 9.89 Å². The summed E-state index contributed by atoms with van der Waals surface area (Å²) in [7, 11) is 0. The van der Waals surface area contributed by atoms with E-state index in [1.165, 1.54) is 10.1 Å². The van der Waals surface area contributed by atoms with Gasteiger partial charge in [0.1, 0.15) is 5.02 Å². The first-order chi connectivity index (χ1) is 9.49. The van der Waals surface area contributed by atoms with E-state index in [0.29, 0.717) is 11.3 Å². The molecule has 1 aromatic carbocycles. The van der Waals surface area contributed by atoms with Crippen LogP contribution in [0.25, 0.3) is 16.8 Å². The molecule has 5 heteroatoms. The maximum absolute atomic E-state index is 12.2. The SMILES string of the molecule is Cc1ccc(-c2c(C)[nH]n3c(=O)c(Cl)c(C)nc23)cc1. The number of nitrogens with one attached hydrogen (secondary N) is 1. The molecular formula is C15H14ClN3O. The number of nitrogens with zero attached hydrogens (tertiary/aromatic N) is 2. The molecule has 1 N–H and O–H groups in total. The molecule has 0 amide bonds. The number of benzene rings is 1. The van der Waals surface area contributed by atoms with Crippen molar-refractivity contribution in [1.29, 1.82) is 0 Å². The average molecular weight is 288 g/mol. The minimum atomic E-state index is -0.268. The van der Waals surface area contributed by atoms with E-state index >= 15 is 0 Å². The fraction of sp³-hybridized carbons (Fsp3) is 0.200. The van der Waals surface area contributed by atoms with Crippen LogP contribution in [-0.4, -0.2) is 14.6 Å². The molecule has 0 bridgehead atoms. The number of fused-ring (bicyclic) bond motifs is 1. The second kappa shape index (κ2) is 4.49. The monoisotopic (exact) mass is 287 g/mol. The van der Waals surface area contributed by atoms with E-state index in [4.69, 9.17) is 11.6 Å². The Morgan fingerprint density at radius 2 is 1.80 bits per heavy atom. The maximum Gasteiger partial charge on any atom is 0.291 e. The molecule has 2 heterocycles. The minimum absolute atomic E-state index is 0.152.